The van der Waals surface area contributed by atoms with Crippen LogP contribution >= 0.6 is 0 Å². The lowest BCUT2D eigenvalue weighted by atomic mass is 10.0. The zero-order valence-electron chi connectivity index (χ0n) is 16.3. The van der Waals surface area contributed by atoms with E-state index in [-0.39, 0.29) is 0 Å². The zero-order valence-corrected chi connectivity index (χ0v) is 16.3. The second-order valence-corrected chi connectivity index (χ2v) is 7.27. The van der Waals surface area contributed by atoms with Crippen LogP contribution in [0.3, 0.4) is 0 Å². The van der Waals surface area contributed by atoms with Gasteiger partial charge in [0.25, 0.3) is 5.78 Å². The topological polar surface area (TPSA) is 75.3 Å². The van der Waals surface area contributed by atoms with Crippen LogP contribution in [0, 0.1) is 0 Å². The SMILES string of the molecule is CN(c1cc(-c2ccccc2)nc2ncnn12)C1CCCN(c2cccnn2)C1. The molecule has 1 fully saturated rings. The van der Waals surface area contributed by atoms with Gasteiger partial charge in [-0.2, -0.15) is 19.7 Å². The lowest BCUT2D eigenvalue weighted by molar-refractivity contribution is 0.480. The number of nitrogens with zero attached hydrogens (tertiary/aromatic N) is 8. The van der Waals surface area contributed by atoms with E-state index in [2.05, 4.69) is 55.3 Å². The molecule has 3 aromatic heterocycles. The fourth-order valence-corrected chi connectivity index (χ4v) is 3.93. The Balaban J connectivity index is 1.49. The number of fused-ring (bicyclic) bond motifs is 1. The molecule has 0 saturated carbocycles. The van der Waals surface area contributed by atoms with E-state index in [1.807, 2.05) is 34.8 Å². The fraction of sp³-hybridized carbons (Fsp3) is 0.286. The summed E-state index contributed by atoms with van der Waals surface area (Å²) in [5.41, 5.74) is 1.96. The van der Waals surface area contributed by atoms with E-state index >= 15 is 0 Å². The summed E-state index contributed by atoms with van der Waals surface area (Å²) in [6, 6.07) is 16.6. The monoisotopic (exact) mass is 386 g/mol. The first-order valence-electron chi connectivity index (χ1n) is 9.81. The summed E-state index contributed by atoms with van der Waals surface area (Å²) < 4.78 is 1.81. The zero-order chi connectivity index (χ0) is 19.6. The van der Waals surface area contributed by atoms with E-state index in [0.29, 0.717) is 11.8 Å². The van der Waals surface area contributed by atoms with Gasteiger partial charge in [-0.1, -0.05) is 30.3 Å². The Morgan fingerprint density at radius 1 is 1.10 bits per heavy atom. The predicted octanol–water partition coefficient (Wildman–Crippen LogP) is 2.69. The van der Waals surface area contributed by atoms with E-state index in [9.17, 15) is 0 Å². The van der Waals surface area contributed by atoms with Crippen molar-refractivity contribution in [3.05, 3.63) is 61.1 Å². The number of hydrogen-bond acceptors (Lipinski definition) is 7. The number of rotatable bonds is 4. The molecule has 0 radical (unpaired) electrons. The molecule has 29 heavy (non-hydrogen) atoms. The average Bonchev–Trinajstić information content (AvgIpc) is 3.28. The number of likely N-dealkylation sites (N-methyl/N-ethyl adjacent to an activating group) is 1. The molecule has 4 heterocycles. The Morgan fingerprint density at radius 2 is 2.00 bits per heavy atom. The number of aromatic nitrogens is 6. The van der Waals surface area contributed by atoms with Crippen LogP contribution < -0.4 is 9.80 Å². The van der Waals surface area contributed by atoms with E-state index in [4.69, 9.17) is 4.98 Å². The molecule has 8 nitrogen and oxygen atoms in total. The highest BCUT2D eigenvalue weighted by molar-refractivity contribution is 5.65. The van der Waals surface area contributed by atoms with Crippen LogP contribution in [-0.2, 0) is 0 Å². The van der Waals surface area contributed by atoms with Gasteiger partial charge in [-0.05, 0) is 25.0 Å². The lowest BCUT2D eigenvalue weighted by Gasteiger charge is -2.38. The van der Waals surface area contributed by atoms with Gasteiger partial charge in [0.2, 0.25) is 0 Å². The first-order valence-corrected chi connectivity index (χ1v) is 9.81. The molecule has 8 heteroatoms. The van der Waals surface area contributed by atoms with Crippen molar-refractivity contribution >= 4 is 17.4 Å². The highest BCUT2D eigenvalue weighted by Gasteiger charge is 2.26. The van der Waals surface area contributed by atoms with Gasteiger partial charge in [0, 0.05) is 44.0 Å². The van der Waals surface area contributed by atoms with Crippen LogP contribution in [0.25, 0.3) is 17.0 Å². The van der Waals surface area contributed by atoms with Crippen molar-refractivity contribution in [1.82, 2.24) is 29.8 Å². The Bertz CT molecular complexity index is 1100. The molecule has 0 bridgehead atoms. The smallest absolute Gasteiger partial charge is 0.254 e. The average molecular weight is 386 g/mol. The molecule has 0 amide bonds. The van der Waals surface area contributed by atoms with E-state index in [1.54, 1.807) is 12.5 Å². The van der Waals surface area contributed by atoms with Gasteiger partial charge >= 0.3 is 0 Å². The minimum atomic E-state index is 0.323. The van der Waals surface area contributed by atoms with Crippen LogP contribution in [-0.4, -0.2) is 56.0 Å². The van der Waals surface area contributed by atoms with Gasteiger partial charge in [-0.3, -0.25) is 0 Å². The van der Waals surface area contributed by atoms with Crippen LogP contribution in [0.5, 0.6) is 0 Å². The molecular weight excluding hydrogens is 364 g/mol. The van der Waals surface area contributed by atoms with Crippen LogP contribution in [0.1, 0.15) is 12.8 Å². The van der Waals surface area contributed by atoms with E-state index < -0.39 is 0 Å². The Kier molecular flexibility index (Phi) is 4.51. The molecule has 1 saturated heterocycles. The van der Waals surface area contributed by atoms with Gasteiger partial charge in [-0.25, -0.2) is 4.98 Å². The van der Waals surface area contributed by atoms with Gasteiger partial charge in [0.1, 0.15) is 12.1 Å². The summed E-state index contributed by atoms with van der Waals surface area (Å²) in [5, 5.41) is 12.7. The minimum absolute atomic E-state index is 0.323. The van der Waals surface area contributed by atoms with Crippen molar-refractivity contribution in [3.63, 3.8) is 0 Å². The Labute approximate surface area is 168 Å². The number of benzene rings is 1. The normalized spacial score (nSPS) is 16.9. The summed E-state index contributed by atoms with van der Waals surface area (Å²) in [5.74, 6) is 2.52. The molecule has 1 aliphatic heterocycles. The second kappa shape index (κ2) is 7.46. The van der Waals surface area contributed by atoms with Crippen LogP contribution in [0.4, 0.5) is 11.6 Å². The number of hydrogen-bond donors (Lipinski definition) is 0. The van der Waals surface area contributed by atoms with Gasteiger partial charge in [-0.15, -0.1) is 5.10 Å². The molecule has 1 aromatic carbocycles. The van der Waals surface area contributed by atoms with Crippen molar-refractivity contribution in [2.45, 2.75) is 18.9 Å². The van der Waals surface area contributed by atoms with Crippen molar-refractivity contribution in [2.75, 3.05) is 29.9 Å². The highest BCUT2D eigenvalue weighted by Crippen LogP contribution is 2.27. The molecule has 5 rings (SSSR count). The second-order valence-electron chi connectivity index (χ2n) is 7.27. The highest BCUT2D eigenvalue weighted by atomic mass is 15.4. The first kappa shape index (κ1) is 17.5. The molecule has 1 atom stereocenters. The molecule has 0 spiro atoms. The molecule has 1 aliphatic rings. The molecule has 4 aromatic rings. The molecule has 0 N–H and O–H groups in total. The van der Waals surface area contributed by atoms with Crippen molar-refractivity contribution in [3.8, 4) is 11.3 Å². The standard InChI is InChI=1S/C21H22N8/c1-27(17-9-6-12-28(14-17)19-10-5-11-23-26-19)20-13-18(16-7-3-2-4-8-16)25-21-22-15-24-29(20)21/h2-5,7-8,10-11,13,15,17H,6,9,12,14H2,1H3. The van der Waals surface area contributed by atoms with Crippen LogP contribution in [0.15, 0.2) is 61.1 Å². The summed E-state index contributed by atoms with van der Waals surface area (Å²) in [7, 11) is 2.12. The lowest BCUT2D eigenvalue weighted by Crippen LogP contribution is -2.47. The number of piperidine rings is 1. The summed E-state index contributed by atoms with van der Waals surface area (Å²) in [6.07, 6.45) is 5.47. The Hall–Kier alpha value is -3.55. The van der Waals surface area contributed by atoms with Crippen molar-refractivity contribution < 1.29 is 0 Å². The minimum Gasteiger partial charge on any atom is -0.355 e. The molecular formula is C21H22N8. The maximum absolute atomic E-state index is 4.69. The van der Waals surface area contributed by atoms with Crippen molar-refractivity contribution in [2.24, 2.45) is 0 Å². The summed E-state index contributed by atoms with van der Waals surface area (Å²) in [6.45, 7) is 1.88. The predicted molar refractivity (Wildman–Crippen MR) is 112 cm³/mol. The van der Waals surface area contributed by atoms with Gasteiger partial charge < -0.3 is 9.80 Å². The van der Waals surface area contributed by atoms with E-state index in [1.165, 1.54) is 0 Å². The largest absolute Gasteiger partial charge is 0.355 e. The first-order chi connectivity index (χ1) is 14.3. The number of anilines is 2. The quantitative estimate of drug-likeness (QED) is 0.534. The fourth-order valence-electron chi connectivity index (χ4n) is 3.93. The molecule has 0 aliphatic carbocycles. The van der Waals surface area contributed by atoms with Gasteiger partial charge in [0.05, 0.1) is 5.69 Å². The van der Waals surface area contributed by atoms with E-state index in [0.717, 1.165) is 48.8 Å². The van der Waals surface area contributed by atoms with Crippen molar-refractivity contribution in [1.29, 1.82) is 0 Å². The van der Waals surface area contributed by atoms with Crippen LogP contribution in [0.2, 0.25) is 0 Å². The maximum atomic E-state index is 4.69. The third-order valence-electron chi connectivity index (χ3n) is 5.49. The summed E-state index contributed by atoms with van der Waals surface area (Å²) in [4.78, 5) is 13.6. The summed E-state index contributed by atoms with van der Waals surface area (Å²) >= 11 is 0. The Morgan fingerprint density at radius 3 is 2.83 bits per heavy atom. The van der Waals surface area contributed by atoms with Gasteiger partial charge in [0.15, 0.2) is 5.82 Å². The molecule has 146 valence electrons. The maximum Gasteiger partial charge on any atom is 0.254 e. The third kappa shape index (κ3) is 3.37. The third-order valence-corrected chi connectivity index (χ3v) is 5.49. The molecule has 1 unspecified atom stereocenters.